The van der Waals surface area contributed by atoms with Crippen LogP contribution in [0.25, 0.3) is 0 Å². The number of nitrogens with zero attached hydrogens (tertiary/aromatic N) is 1. The van der Waals surface area contributed by atoms with Crippen LogP contribution in [0.2, 0.25) is 0 Å². The molecule has 3 heteroatoms. The van der Waals surface area contributed by atoms with Gasteiger partial charge in [0.1, 0.15) is 10.6 Å². The third-order valence-corrected chi connectivity index (χ3v) is 3.95. The Kier molecular flexibility index (Phi) is 2.47. The average molecular weight is 207 g/mol. The number of hydrogen-bond donors (Lipinski definition) is 0. The smallest absolute Gasteiger partial charge is 0.136 e. The van der Waals surface area contributed by atoms with Crippen LogP contribution in [0.4, 0.5) is 4.39 Å². The molecule has 0 saturated heterocycles. The zero-order valence-electron chi connectivity index (χ0n) is 7.66. The van der Waals surface area contributed by atoms with E-state index >= 15 is 0 Å². The number of rotatable bonds is 2. The molecule has 0 amide bonds. The summed E-state index contributed by atoms with van der Waals surface area (Å²) < 4.78 is 12.9. The van der Waals surface area contributed by atoms with Crippen LogP contribution in [0.5, 0.6) is 0 Å². The Morgan fingerprint density at radius 1 is 1.36 bits per heavy atom. The lowest BCUT2D eigenvalue weighted by Crippen LogP contribution is -2.31. The fourth-order valence-corrected chi connectivity index (χ4v) is 2.74. The van der Waals surface area contributed by atoms with Crippen LogP contribution in [0.15, 0.2) is 29.2 Å². The van der Waals surface area contributed by atoms with E-state index in [2.05, 4.69) is 6.07 Å². The minimum atomic E-state index is -0.359. The predicted molar refractivity (Wildman–Crippen MR) is 54.5 cm³/mol. The van der Waals surface area contributed by atoms with Gasteiger partial charge in [0.25, 0.3) is 0 Å². The maximum atomic E-state index is 13.3. The first-order valence-electron chi connectivity index (χ1n) is 4.61. The Hall–Kier alpha value is -1.01. The Labute approximate surface area is 86.9 Å². The van der Waals surface area contributed by atoms with E-state index < -0.39 is 0 Å². The minimum Gasteiger partial charge on any atom is -0.206 e. The minimum absolute atomic E-state index is 0.223. The Morgan fingerprint density at radius 3 is 2.57 bits per heavy atom. The van der Waals surface area contributed by atoms with E-state index in [1.807, 2.05) is 0 Å². The third-order valence-electron chi connectivity index (χ3n) is 2.51. The van der Waals surface area contributed by atoms with Gasteiger partial charge in [-0.15, -0.1) is 11.8 Å². The van der Waals surface area contributed by atoms with E-state index in [-0.39, 0.29) is 10.6 Å². The highest BCUT2D eigenvalue weighted by Crippen LogP contribution is 2.47. The van der Waals surface area contributed by atoms with Crippen LogP contribution < -0.4 is 0 Å². The van der Waals surface area contributed by atoms with Crippen molar-refractivity contribution in [3.8, 4) is 6.07 Å². The summed E-state index contributed by atoms with van der Waals surface area (Å²) in [4.78, 5) is 0.591. The van der Waals surface area contributed by atoms with Crippen molar-refractivity contribution in [1.29, 1.82) is 5.26 Å². The van der Waals surface area contributed by atoms with Crippen molar-refractivity contribution < 1.29 is 4.39 Å². The molecule has 1 saturated carbocycles. The molecule has 0 bridgehead atoms. The van der Waals surface area contributed by atoms with Gasteiger partial charge in [-0.25, -0.2) is 4.39 Å². The molecule has 2 rings (SSSR count). The zero-order valence-corrected chi connectivity index (χ0v) is 8.48. The number of benzene rings is 1. The average Bonchev–Trinajstić information content (AvgIpc) is 2.14. The lowest BCUT2D eigenvalue weighted by molar-refractivity contribution is 0.439. The second-order valence-corrected chi connectivity index (χ2v) is 4.92. The third kappa shape index (κ3) is 1.62. The van der Waals surface area contributed by atoms with Gasteiger partial charge in [0.15, 0.2) is 0 Å². The van der Waals surface area contributed by atoms with Gasteiger partial charge in [-0.05, 0) is 31.4 Å². The van der Waals surface area contributed by atoms with E-state index in [0.717, 1.165) is 19.3 Å². The Balaban J connectivity index is 2.19. The monoisotopic (exact) mass is 207 g/mol. The normalized spacial score (nSPS) is 18.3. The molecule has 0 aromatic heterocycles. The summed E-state index contributed by atoms with van der Waals surface area (Å²) >= 11 is 1.37. The number of thioether (sulfide) groups is 1. The van der Waals surface area contributed by atoms with Crippen molar-refractivity contribution in [1.82, 2.24) is 0 Å². The largest absolute Gasteiger partial charge is 0.206 e. The van der Waals surface area contributed by atoms with Gasteiger partial charge < -0.3 is 0 Å². The van der Waals surface area contributed by atoms with Crippen LogP contribution in [0.3, 0.4) is 0 Å². The lowest BCUT2D eigenvalue weighted by Gasteiger charge is -2.34. The number of nitriles is 1. The first-order valence-corrected chi connectivity index (χ1v) is 5.42. The molecule has 0 N–H and O–H groups in total. The molecule has 1 aromatic carbocycles. The highest BCUT2D eigenvalue weighted by Gasteiger charge is 2.38. The fourth-order valence-electron chi connectivity index (χ4n) is 1.47. The van der Waals surface area contributed by atoms with E-state index in [0.29, 0.717) is 4.90 Å². The molecule has 1 aromatic rings. The molecular weight excluding hydrogens is 197 g/mol. The summed E-state index contributed by atoms with van der Waals surface area (Å²) in [7, 11) is 0. The summed E-state index contributed by atoms with van der Waals surface area (Å²) in [5.41, 5.74) is 0. The van der Waals surface area contributed by atoms with Gasteiger partial charge in [0, 0.05) is 4.90 Å². The molecule has 0 unspecified atom stereocenters. The molecule has 0 heterocycles. The van der Waals surface area contributed by atoms with Gasteiger partial charge in [-0.3, -0.25) is 0 Å². The standard InChI is InChI=1S/C11H10FNS/c12-9-4-1-2-5-10(9)14-11(8-13)6-3-7-11/h1-2,4-5H,3,6-7H2. The molecule has 1 aliphatic rings. The van der Waals surface area contributed by atoms with Gasteiger partial charge in [-0.1, -0.05) is 12.1 Å². The molecular formula is C11H10FNS. The second kappa shape index (κ2) is 3.62. The summed E-state index contributed by atoms with van der Waals surface area (Å²) in [5, 5.41) is 9.00. The van der Waals surface area contributed by atoms with Gasteiger partial charge in [-0.2, -0.15) is 5.26 Å². The zero-order chi connectivity index (χ0) is 10.0. The van der Waals surface area contributed by atoms with Gasteiger partial charge in [0.05, 0.1) is 6.07 Å². The Morgan fingerprint density at radius 2 is 2.07 bits per heavy atom. The molecule has 0 radical (unpaired) electrons. The van der Waals surface area contributed by atoms with Crippen LogP contribution in [-0.2, 0) is 0 Å². The highest BCUT2D eigenvalue weighted by molar-refractivity contribution is 8.01. The fraction of sp³-hybridized carbons (Fsp3) is 0.364. The van der Waals surface area contributed by atoms with Gasteiger partial charge >= 0.3 is 0 Å². The SMILES string of the molecule is N#CC1(Sc2ccccc2F)CCC1. The van der Waals surface area contributed by atoms with Crippen molar-refractivity contribution in [2.75, 3.05) is 0 Å². The van der Waals surface area contributed by atoms with Crippen LogP contribution in [-0.4, -0.2) is 4.75 Å². The molecule has 0 aliphatic heterocycles. The van der Waals surface area contributed by atoms with Crippen molar-refractivity contribution in [2.24, 2.45) is 0 Å². The van der Waals surface area contributed by atoms with Crippen LogP contribution in [0.1, 0.15) is 19.3 Å². The maximum absolute atomic E-state index is 13.3. The molecule has 72 valence electrons. The summed E-state index contributed by atoms with van der Waals surface area (Å²) in [5.74, 6) is -0.223. The van der Waals surface area contributed by atoms with Crippen molar-refractivity contribution in [3.05, 3.63) is 30.1 Å². The van der Waals surface area contributed by atoms with E-state index in [9.17, 15) is 4.39 Å². The number of hydrogen-bond acceptors (Lipinski definition) is 2. The topological polar surface area (TPSA) is 23.8 Å². The lowest BCUT2D eigenvalue weighted by atomic mass is 9.86. The van der Waals surface area contributed by atoms with Gasteiger partial charge in [0.2, 0.25) is 0 Å². The van der Waals surface area contributed by atoms with E-state index in [1.165, 1.54) is 17.8 Å². The molecule has 0 atom stereocenters. The first kappa shape index (κ1) is 9.54. The molecule has 0 spiro atoms. The second-order valence-electron chi connectivity index (χ2n) is 3.49. The Bertz CT molecular complexity index is 379. The molecule has 1 aliphatic carbocycles. The van der Waals surface area contributed by atoms with Crippen molar-refractivity contribution >= 4 is 11.8 Å². The van der Waals surface area contributed by atoms with Crippen LogP contribution >= 0.6 is 11.8 Å². The molecule has 1 nitrogen and oxygen atoms in total. The predicted octanol–water partition coefficient (Wildman–Crippen LogP) is 3.36. The quantitative estimate of drug-likeness (QED) is 0.742. The van der Waals surface area contributed by atoms with E-state index in [4.69, 9.17) is 5.26 Å². The highest BCUT2D eigenvalue weighted by atomic mass is 32.2. The van der Waals surface area contributed by atoms with Crippen molar-refractivity contribution in [3.63, 3.8) is 0 Å². The first-order chi connectivity index (χ1) is 6.76. The summed E-state index contributed by atoms with van der Waals surface area (Å²) in [6.45, 7) is 0. The summed E-state index contributed by atoms with van der Waals surface area (Å²) in [6, 6.07) is 8.92. The van der Waals surface area contributed by atoms with Crippen LogP contribution in [0, 0.1) is 17.1 Å². The number of halogens is 1. The van der Waals surface area contributed by atoms with Crippen molar-refractivity contribution in [2.45, 2.75) is 28.9 Å². The van der Waals surface area contributed by atoms with E-state index in [1.54, 1.807) is 18.2 Å². The maximum Gasteiger partial charge on any atom is 0.136 e. The molecule has 14 heavy (non-hydrogen) atoms. The molecule has 1 fully saturated rings. The summed E-state index contributed by atoms with van der Waals surface area (Å²) in [6.07, 6.45) is 2.83.